The highest BCUT2D eigenvalue weighted by Crippen LogP contribution is 2.36. The topological polar surface area (TPSA) is 96.7 Å². The quantitative estimate of drug-likeness (QED) is 0.282. The number of hydrogen-bond donors (Lipinski definition) is 2. The first-order chi connectivity index (χ1) is 17.2. The molecule has 3 aromatic rings. The molecule has 1 aromatic heterocycles. The van der Waals surface area contributed by atoms with E-state index in [0.717, 1.165) is 39.2 Å². The molecule has 2 atom stereocenters. The van der Waals surface area contributed by atoms with Gasteiger partial charge in [-0.2, -0.15) is 0 Å². The molecule has 0 saturated heterocycles. The Morgan fingerprint density at radius 3 is 2.50 bits per heavy atom. The highest BCUT2D eigenvalue weighted by atomic mass is 31.1. The Labute approximate surface area is 211 Å². The Morgan fingerprint density at radius 1 is 1.14 bits per heavy atom. The Kier molecular flexibility index (Phi) is 9.59. The third-order valence-corrected chi connectivity index (χ3v) is 6.71. The van der Waals surface area contributed by atoms with Crippen LogP contribution in [0.4, 0.5) is 4.39 Å². The van der Waals surface area contributed by atoms with E-state index in [1.807, 2.05) is 63.2 Å². The van der Waals surface area contributed by atoms with E-state index < -0.39 is 26.5 Å². The standard InChI is InChI=1S/C28H29FNO5P/c1-18(2)28-24(10-7-13-35-36(34)17-22(31)15-27(32)33)25(23-12-11-21(29)14-19(23)3)16-26(30-28)20-8-5-4-6-9-20/h4-12,14,16,18,22,31H,13,15,17H2,1-3H3/p+1. The average Bonchev–Trinajstić information content (AvgIpc) is 2.81. The minimum atomic E-state index is -2.22. The van der Waals surface area contributed by atoms with Gasteiger partial charge in [0, 0.05) is 11.1 Å². The first-order valence-electron chi connectivity index (χ1n) is 11.7. The van der Waals surface area contributed by atoms with Crippen LogP contribution in [0.2, 0.25) is 0 Å². The minimum Gasteiger partial charge on any atom is -0.481 e. The van der Waals surface area contributed by atoms with Crippen LogP contribution in [0.3, 0.4) is 0 Å². The fourth-order valence-electron chi connectivity index (χ4n) is 3.88. The van der Waals surface area contributed by atoms with E-state index >= 15 is 0 Å². The number of carboxylic acids is 1. The van der Waals surface area contributed by atoms with Crippen LogP contribution >= 0.6 is 8.03 Å². The zero-order valence-electron chi connectivity index (χ0n) is 20.5. The number of carbonyl (C=O) groups is 1. The zero-order chi connectivity index (χ0) is 26.2. The molecular weight excluding hydrogens is 480 g/mol. The molecule has 8 heteroatoms. The van der Waals surface area contributed by atoms with E-state index in [0.29, 0.717) is 0 Å². The predicted molar refractivity (Wildman–Crippen MR) is 140 cm³/mol. The van der Waals surface area contributed by atoms with Crippen LogP contribution in [0, 0.1) is 12.7 Å². The third-order valence-electron chi connectivity index (χ3n) is 5.55. The molecule has 0 saturated carbocycles. The van der Waals surface area contributed by atoms with Crippen molar-refractivity contribution in [3.63, 3.8) is 0 Å². The molecule has 0 aliphatic rings. The molecule has 0 radical (unpaired) electrons. The van der Waals surface area contributed by atoms with E-state index in [4.69, 9.17) is 14.6 Å². The summed E-state index contributed by atoms with van der Waals surface area (Å²) in [4.78, 5) is 15.6. The molecule has 188 valence electrons. The van der Waals surface area contributed by atoms with Crippen LogP contribution in [-0.4, -0.2) is 40.0 Å². The fourth-order valence-corrected chi connectivity index (χ4v) is 4.71. The summed E-state index contributed by atoms with van der Waals surface area (Å²) in [6, 6.07) is 16.5. The predicted octanol–water partition coefficient (Wildman–Crippen LogP) is 6.59. The summed E-state index contributed by atoms with van der Waals surface area (Å²) >= 11 is 0. The first kappa shape index (κ1) is 27.3. The summed E-state index contributed by atoms with van der Waals surface area (Å²) in [5, 5.41) is 18.4. The second-order valence-corrected chi connectivity index (χ2v) is 10.1. The highest BCUT2D eigenvalue weighted by Gasteiger charge is 2.25. The number of aliphatic carboxylic acids is 1. The molecule has 2 N–H and O–H groups in total. The molecule has 0 spiro atoms. The monoisotopic (exact) mass is 510 g/mol. The van der Waals surface area contributed by atoms with Crippen LogP contribution in [0.5, 0.6) is 0 Å². The van der Waals surface area contributed by atoms with E-state index in [-0.39, 0.29) is 24.5 Å². The lowest BCUT2D eigenvalue weighted by atomic mass is 9.90. The van der Waals surface area contributed by atoms with Crippen LogP contribution < -0.4 is 0 Å². The molecule has 2 unspecified atom stereocenters. The summed E-state index contributed by atoms with van der Waals surface area (Å²) in [5.74, 6) is -1.39. The van der Waals surface area contributed by atoms with Gasteiger partial charge in [0.25, 0.3) is 0 Å². The summed E-state index contributed by atoms with van der Waals surface area (Å²) in [5.41, 5.74) is 6.04. The number of rotatable bonds is 11. The molecule has 6 nitrogen and oxygen atoms in total. The number of benzene rings is 2. The summed E-state index contributed by atoms with van der Waals surface area (Å²) < 4.78 is 31.3. The van der Waals surface area contributed by atoms with Gasteiger partial charge in [-0.1, -0.05) is 62.4 Å². The van der Waals surface area contributed by atoms with Gasteiger partial charge in [0.2, 0.25) is 6.16 Å². The number of aryl methyl sites for hydroxylation is 1. The van der Waals surface area contributed by atoms with Gasteiger partial charge in [0.1, 0.15) is 18.5 Å². The van der Waals surface area contributed by atoms with Gasteiger partial charge >= 0.3 is 14.0 Å². The van der Waals surface area contributed by atoms with Crippen LogP contribution in [0.25, 0.3) is 28.5 Å². The van der Waals surface area contributed by atoms with Gasteiger partial charge < -0.3 is 10.2 Å². The highest BCUT2D eigenvalue weighted by molar-refractivity contribution is 7.39. The fraction of sp³-hybridized carbons (Fsp3) is 0.286. The van der Waals surface area contributed by atoms with E-state index in [9.17, 15) is 18.9 Å². The maximum Gasteiger partial charge on any atom is 0.511 e. The van der Waals surface area contributed by atoms with Crippen LogP contribution in [0.15, 0.2) is 60.7 Å². The number of pyridine rings is 1. The van der Waals surface area contributed by atoms with Crippen LogP contribution in [-0.2, 0) is 13.9 Å². The van der Waals surface area contributed by atoms with Crippen LogP contribution in [0.1, 0.15) is 43.0 Å². The van der Waals surface area contributed by atoms with Gasteiger partial charge in [-0.3, -0.25) is 9.78 Å². The summed E-state index contributed by atoms with van der Waals surface area (Å²) in [6.07, 6.45) is 1.60. The second kappa shape index (κ2) is 12.6. The third kappa shape index (κ3) is 7.37. The van der Waals surface area contributed by atoms with Gasteiger partial charge in [-0.15, -0.1) is 4.52 Å². The normalized spacial score (nSPS) is 12.8. The lowest BCUT2D eigenvalue weighted by molar-refractivity contribution is -0.138. The molecule has 0 fully saturated rings. The maximum absolute atomic E-state index is 13.9. The molecular formula is C28H30FNO5P+. The van der Waals surface area contributed by atoms with Crippen molar-refractivity contribution in [3.8, 4) is 22.4 Å². The lowest BCUT2D eigenvalue weighted by Gasteiger charge is -2.18. The first-order valence-corrected chi connectivity index (χ1v) is 13.0. The lowest BCUT2D eigenvalue weighted by Crippen LogP contribution is -2.15. The number of aliphatic hydroxyl groups is 1. The molecule has 36 heavy (non-hydrogen) atoms. The largest absolute Gasteiger partial charge is 0.511 e. The Morgan fingerprint density at radius 2 is 1.86 bits per heavy atom. The molecule has 0 aliphatic carbocycles. The van der Waals surface area contributed by atoms with Crippen molar-refractivity contribution in [2.75, 3.05) is 12.8 Å². The van der Waals surface area contributed by atoms with E-state index in [1.165, 1.54) is 12.1 Å². The summed E-state index contributed by atoms with van der Waals surface area (Å²) in [7, 11) is -2.22. The van der Waals surface area contributed by atoms with Crippen molar-refractivity contribution in [2.45, 2.75) is 39.2 Å². The number of carboxylic acid groups (broad SMARTS) is 1. The smallest absolute Gasteiger partial charge is 0.481 e. The number of halogens is 1. The Hall–Kier alpha value is -3.25. The van der Waals surface area contributed by atoms with Crippen molar-refractivity contribution < 1.29 is 28.5 Å². The summed E-state index contributed by atoms with van der Waals surface area (Å²) in [6.45, 7) is 5.97. The molecule has 2 aromatic carbocycles. The Bertz CT molecular complexity index is 1260. The SMILES string of the molecule is Cc1cc(F)ccc1-c1cc(-c2ccccc2)nc(C(C)C)c1C=CCO[P+](=O)CC(O)CC(=O)O. The molecule has 1 heterocycles. The van der Waals surface area contributed by atoms with E-state index in [1.54, 1.807) is 12.1 Å². The number of aromatic nitrogens is 1. The molecule has 0 bridgehead atoms. The number of nitrogens with zero attached hydrogens (tertiary/aromatic N) is 1. The maximum atomic E-state index is 13.9. The molecule has 3 rings (SSSR count). The van der Waals surface area contributed by atoms with Crippen molar-refractivity contribution in [1.82, 2.24) is 4.98 Å². The van der Waals surface area contributed by atoms with Crippen molar-refractivity contribution >= 4 is 20.1 Å². The molecule has 0 aliphatic heterocycles. The molecule has 0 amide bonds. The van der Waals surface area contributed by atoms with Crippen molar-refractivity contribution in [1.29, 1.82) is 0 Å². The second-order valence-electron chi connectivity index (χ2n) is 8.80. The number of hydrogen-bond acceptors (Lipinski definition) is 5. The minimum absolute atomic E-state index is 0.00874. The van der Waals surface area contributed by atoms with E-state index in [2.05, 4.69) is 0 Å². The van der Waals surface area contributed by atoms with Crippen molar-refractivity contribution in [2.24, 2.45) is 0 Å². The average molecular weight is 511 g/mol. The Balaban J connectivity index is 1.97. The van der Waals surface area contributed by atoms with Gasteiger partial charge in [0.15, 0.2) is 0 Å². The number of aliphatic hydroxyl groups excluding tert-OH is 1. The van der Waals surface area contributed by atoms with Gasteiger partial charge in [-0.25, -0.2) is 4.39 Å². The van der Waals surface area contributed by atoms with Gasteiger partial charge in [0.05, 0.1) is 17.8 Å². The van der Waals surface area contributed by atoms with Gasteiger partial charge in [-0.05, 0) is 52.3 Å². The van der Waals surface area contributed by atoms with Crippen molar-refractivity contribution in [3.05, 3.63) is 83.3 Å². The zero-order valence-corrected chi connectivity index (χ0v) is 21.4.